The fourth-order valence-electron chi connectivity index (χ4n) is 5.81. The van der Waals surface area contributed by atoms with Crippen LogP contribution in [0.2, 0.25) is 0 Å². The molecule has 2 aromatic carbocycles. The summed E-state index contributed by atoms with van der Waals surface area (Å²) in [6.07, 6.45) is -5.21. The Labute approximate surface area is 234 Å². The van der Waals surface area contributed by atoms with Gasteiger partial charge in [-0.2, -0.15) is 0 Å². The number of aliphatic hydroxyl groups is 4. The summed E-state index contributed by atoms with van der Waals surface area (Å²) in [6, 6.07) is 3.53. The molecular weight excluding hydrogens is 550 g/mol. The molecule has 6 atom stereocenters. The minimum Gasteiger partial charge on any atom is -0.507 e. The van der Waals surface area contributed by atoms with E-state index >= 15 is 0 Å². The van der Waals surface area contributed by atoms with Gasteiger partial charge in [0, 0.05) is 47.6 Å². The van der Waals surface area contributed by atoms with Crippen LogP contribution in [0.4, 0.5) is 0 Å². The largest absolute Gasteiger partial charge is 0.507 e. The third kappa shape index (κ3) is 4.50. The highest BCUT2D eigenvalue weighted by atomic mass is 35.5. The molecule has 216 valence electrons. The van der Waals surface area contributed by atoms with E-state index in [1.807, 2.05) is 0 Å². The first kappa shape index (κ1) is 30.0. The van der Waals surface area contributed by atoms with Crippen molar-refractivity contribution in [2.24, 2.45) is 5.73 Å². The van der Waals surface area contributed by atoms with Crippen LogP contribution in [-0.4, -0.2) is 84.7 Å². The van der Waals surface area contributed by atoms with Crippen molar-refractivity contribution in [2.45, 2.75) is 69.0 Å². The lowest BCUT2D eigenvalue weighted by atomic mass is 9.71. The van der Waals surface area contributed by atoms with Crippen LogP contribution in [-0.2, 0) is 27.3 Å². The maximum Gasteiger partial charge on any atom is 0.198 e. The Balaban J connectivity index is 0.00000370. The Bertz CT molecular complexity index is 1380. The van der Waals surface area contributed by atoms with Crippen LogP contribution >= 0.6 is 12.4 Å². The number of carbonyl (C=O) groups is 3. The summed E-state index contributed by atoms with van der Waals surface area (Å²) in [6.45, 7) is -0.0137. The quantitative estimate of drug-likeness (QED) is 0.197. The Morgan fingerprint density at radius 2 is 1.80 bits per heavy atom. The van der Waals surface area contributed by atoms with Gasteiger partial charge in [-0.3, -0.25) is 14.4 Å². The molecule has 0 bridgehead atoms. The average molecular weight is 580 g/mol. The van der Waals surface area contributed by atoms with Gasteiger partial charge in [-0.05, 0) is 12.5 Å². The summed E-state index contributed by atoms with van der Waals surface area (Å²) in [5, 5.41) is 63.4. The molecule has 5 rings (SSSR count). The molecule has 3 unspecified atom stereocenters. The number of phenols is 2. The smallest absolute Gasteiger partial charge is 0.198 e. The highest BCUT2D eigenvalue weighted by Crippen LogP contribution is 2.52. The highest BCUT2D eigenvalue weighted by molar-refractivity contribution is 6.31. The highest BCUT2D eigenvalue weighted by Gasteiger charge is 2.50. The molecule has 3 aliphatic rings. The van der Waals surface area contributed by atoms with Crippen LogP contribution in [0, 0.1) is 0 Å². The molecule has 12 nitrogen and oxygen atoms in total. The number of nitrogens with two attached hydrogens (primary N) is 1. The van der Waals surface area contributed by atoms with Crippen LogP contribution in [0.15, 0.2) is 18.2 Å². The summed E-state index contributed by atoms with van der Waals surface area (Å²) < 4.78 is 11.7. The third-order valence-electron chi connectivity index (χ3n) is 7.88. The summed E-state index contributed by atoms with van der Waals surface area (Å²) in [7, 11) is 0. The zero-order chi connectivity index (χ0) is 28.4. The van der Waals surface area contributed by atoms with Gasteiger partial charge in [0.2, 0.25) is 0 Å². The predicted octanol–water partition coefficient (Wildman–Crippen LogP) is -0.0932. The zero-order valence-electron chi connectivity index (χ0n) is 21.4. The van der Waals surface area contributed by atoms with Gasteiger partial charge in [-0.25, -0.2) is 0 Å². The molecule has 0 saturated carbocycles. The van der Waals surface area contributed by atoms with Crippen molar-refractivity contribution in [2.75, 3.05) is 6.61 Å². The van der Waals surface area contributed by atoms with Gasteiger partial charge in [0.1, 0.15) is 23.7 Å². The standard InChI is InChI=1S/C27H29NO11.ClH/c1-10-22(32)14(28)5-17(38-10)39-15-7-27(37,16(31)9-30)6-13-19(15)26(36)21-20(24(13)34)23(33)12-4-2-3-11(8-29)18(12)25(21)35;/h2-4,10,14-15,17,22,29-30,32,34,36-37H,5-9,28H2,1H3;1H/t10?,14-,15?,17-,22+,27?;/m0./s1. The Kier molecular flexibility index (Phi) is 8.11. The van der Waals surface area contributed by atoms with E-state index in [2.05, 4.69) is 0 Å². The average Bonchev–Trinajstić information content (AvgIpc) is 2.90. The van der Waals surface area contributed by atoms with Crippen LogP contribution < -0.4 is 5.73 Å². The number of aliphatic hydroxyl groups excluding tert-OH is 3. The number of phenolic OH excluding ortho intramolecular Hbond substituents is 2. The van der Waals surface area contributed by atoms with Gasteiger partial charge in [0.15, 0.2) is 23.6 Å². The summed E-state index contributed by atoms with van der Waals surface area (Å²) >= 11 is 0. The van der Waals surface area contributed by atoms with E-state index in [0.717, 1.165) is 0 Å². The number of aromatic hydroxyl groups is 2. The number of hydrogen-bond acceptors (Lipinski definition) is 12. The van der Waals surface area contributed by atoms with E-state index in [0.29, 0.717) is 0 Å². The maximum absolute atomic E-state index is 13.6. The van der Waals surface area contributed by atoms with Crippen molar-refractivity contribution in [1.29, 1.82) is 0 Å². The fraction of sp³-hybridized carbons (Fsp3) is 0.444. The molecule has 2 aromatic rings. The number of fused-ring (bicyclic) bond motifs is 3. The molecule has 40 heavy (non-hydrogen) atoms. The monoisotopic (exact) mass is 579 g/mol. The van der Waals surface area contributed by atoms with E-state index in [1.165, 1.54) is 18.2 Å². The zero-order valence-corrected chi connectivity index (χ0v) is 22.2. The molecule has 0 amide bonds. The van der Waals surface area contributed by atoms with Gasteiger partial charge in [0.05, 0.1) is 36.0 Å². The Hall–Kier alpha value is -2.94. The number of ketones is 3. The van der Waals surface area contributed by atoms with Gasteiger partial charge >= 0.3 is 0 Å². The molecule has 1 heterocycles. The van der Waals surface area contributed by atoms with Crippen molar-refractivity contribution in [1.82, 2.24) is 0 Å². The molecule has 0 radical (unpaired) electrons. The number of hydrogen-bond donors (Lipinski definition) is 7. The van der Waals surface area contributed by atoms with E-state index in [1.54, 1.807) is 6.92 Å². The molecule has 0 aromatic heterocycles. The number of halogens is 1. The van der Waals surface area contributed by atoms with E-state index < -0.39 is 102 Å². The molecule has 1 fully saturated rings. The first-order valence-electron chi connectivity index (χ1n) is 12.5. The van der Waals surface area contributed by atoms with Crippen molar-refractivity contribution in [3.8, 4) is 11.5 Å². The van der Waals surface area contributed by atoms with E-state index in [-0.39, 0.29) is 46.6 Å². The summed E-state index contributed by atoms with van der Waals surface area (Å²) in [5.41, 5.74) is 2.35. The maximum atomic E-state index is 13.6. The van der Waals surface area contributed by atoms with Crippen molar-refractivity contribution in [3.05, 3.63) is 57.1 Å². The second-order valence-electron chi connectivity index (χ2n) is 10.3. The van der Waals surface area contributed by atoms with Crippen LogP contribution in [0.3, 0.4) is 0 Å². The van der Waals surface area contributed by atoms with E-state index in [4.69, 9.17) is 15.2 Å². The SMILES string of the molecule is CC1O[C@@H](OC2CC(O)(C(=O)CO)Cc3c(O)c4c(c(O)c32)C(=O)c2c(CO)cccc2C4=O)C[C@H](N)[C@@H]1O.Cl. The third-order valence-corrected chi connectivity index (χ3v) is 7.88. The number of carbonyl (C=O) groups excluding carboxylic acids is 3. The molecule has 13 heteroatoms. The Morgan fingerprint density at radius 3 is 2.42 bits per heavy atom. The summed E-state index contributed by atoms with van der Waals surface area (Å²) in [5.74, 6) is -4.00. The van der Waals surface area contributed by atoms with Crippen molar-refractivity contribution in [3.63, 3.8) is 0 Å². The lowest BCUT2D eigenvalue weighted by molar-refractivity contribution is -0.247. The first-order chi connectivity index (χ1) is 18.4. The molecule has 8 N–H and O–H groups in total. The van der Waals surface area contributed by atoms with Gasteiger partial charge < -0.3 is 45.8 Å². The predicted molar refractivity (Wildman–Crippen MR) is 138 cm³/mol. The lowest BCUT2D eigenvalue weighted by Crippen LogP contribution is -2.53. The fourth-order valence-corrected chi connectivity index (χ4v) is 5.81. The molecule has 1 aliphatic heterocycles. The number of Topliss-reactive ketones (excluding diaryl/α,β-unsaturated/α-hetero) is 1. The number of benzene rings is 2. The molecule has 0 spiro atoms. The molecule has 2 aliphatic carbocycles. The van der Waals surface area contributed by atoms with Crippen molar-refractivity contribution >= 4 is 29.8 Å². The number of ether oxygens (including phenoxy) is 2. The lowest BCUT2D eigenvalue weighted by Gasteiger charge is -2.42. The van der Waals surface area contributed by atoms with Gasteiger partial charge in [0.25, 0.3) is 0 Å². The molecule has 1 saturated heterocycles. The van der Waals surface area contributed by atoms with E-state index in [9.17, 15) is 45.0 Å². The van der Waals surface area contributed by atoms with Gasteiger partial charge in [-0.1, -0.05) is 18.2 Å². The topological polar surface area (TPSA) is 217 Å². The minimum atomic E-state index is -2.25. The van der Waals surface area contributed by atoms with Gasteiger partial charge in [-0.15, -0.1) is 12.4 Å². The summed E-state index contributed by atoms with van der Waals surface area (Å²) in [4.78, 5) is 39.7. The van der Waals surface area contributed by atoms with Crippen LogP contribution in [0.25, 0.3) is 0 Å². The second-order valence-corrected chi connectivity index (χ2v) is 10.3. The molecular formula is C27H30ClNO11. The normalized spacial score (nSPS) is 29.2. The van der Waals surface area contributed by atoms with Crippen LogP contribution in [0.1, 0.15) is 74.4 Å². The second kappa shape index (κ2) is 10.8. The van der Waals surface area contributed by atoms with Crippen molar-refractivity contribution < 1.29 is 54.5 Å². The first-order valence-corrected chi connectivity index (χ1v) is 12.5. The van der Waals surface area contributed by atoms with Crippen LogP contribution in [0.5, 0.6) is 11.5 Å². The Morgan fingerprint density at radius 1 is 1.12 bits per heavy atom. The minimum absolute atomic E-state index is 0. The number of rotatable bonds is 5.